The SMILES string of the molecule is C=CCC[Si](C)(C1C2CCCCC2C2CCCCC21)C12CCCCC1c1ccccc1C2. The summed E-state index contributed by atoms with van der Waals surface area (Å²) in [7, 11) is -1.57. The van der Waals surface area contributed by atoms with Gasteiger partial charge in [-0.25, -0.2) is 0 Å². The second kappa shape index (κ2) is 8.44. The van der Waals surface area contributed by atoms with Crippen LogP contribution in [0.3, 0.4) is 0 Å². The number of benzene rings is 1. The van der Waals surface area contributed by atoms with Crippen LogP contribution in [0.2, 0.25) is 23.2 Å². The van der Waals surface area contributed by atoms with Crippen molar-refractivity contribution in [2.24, 2.45) is 23.7 Å². The molecule has 7 atom stereocenters. The van der Waals surface area contributed by atoms with Crippen LogP contribution in [-0.2, 0) is 6.42 Å². The lowest BCUT2D eigenvalue weighted by Crippen LogP contribution is -2.55. The smallest absolute Gasteiger partial charge is 0.0617 e. The minimum absolute atomic E-state index is 0.636. The maximum atomic E-state index is 4.24. The second-order valence-electron chi connectivity index (χ2n) is 12.8. The minimum Gasteiger partial charge on any atom is -0.103 e. The number of hydrogen-bond acceptors (Lipinski definition) is 0. The molecule has 1 aromatic carbocycles. The molecule has 0 saturated heterocycles. The average Bonchev–Trinajstić information content (AvgIpc) is 3.37. The summed E-state index contributed by atoms with van der Waals surface area (Å²) in [6, 6.07) is 11.3. The van der Waals surface area contributed by atoms with Gasteiger partial charge in [0.25, 0.3) is 0 Å². The third-order valence-corrected chi connectivity index (χ3v) is 18.6. The lowest BCUT2D eigenvalue weighted by molar-refractivity contribution is 0.184. The minimum atomic E-state index is -1.57. The summed E-state index contributed by atoms with van der Waals surface area (Å²) in [5.74, 6) is 5.23. The molecule has 4 saturated carbocycles. The second-order valence-corrected chi connectivity index (χ2v) is 17.8. The van der Waals surface area contributed by atoms with Gasteiger partial charge in [-0.2, -0.15) is 0 Å². The van der Waals surface area contributed by atoms with Crippen LogP contribution in [0, 0.1) is 23.7 Å². The molecule has 5 aliphatic carbocycles. The molecule has 0 bridgehead atoms. The van der Waals surface area contributed by atoms with Gasteiger partial charge in [-0.3, -0.25) is 0 Å². The quantitative estimate of drug-likeness (QED) is 0.312. The fourth-order valence-corrected chi connectivity index (χ4v) is 18.4. The molecule has 174 valence electrons. The highest BCUT2D eigenvalue weighted by Crippen LogP contribution is 2.74. The Balaban J connectivity index is 1.48. The maximum Gasteiger partial charge on any atom is 0.0617 e. The summed E-state index contributed by atoms with van der Waals surface area (Å²) in [4.78, 5) is 0. The number of rotatable bonds is 5. The van der Waals surface area contributed by atoms with E-state index in [9.17, 15) is 0 Å². The largest absolute Gasteiger partial charge is 0.103 e. The van der Waals surface area contributed by atoms with Gasteiger partial charge in [-0.15, -0.1) is 6.58 Å². The van der Waals surface area contributed by atoms with E-state index in [4.69, 9.17) is 0 Å². The van der Waals surface area contributed by atoms with Gasteiger partial charge in [-0.05, 0) is 89.8 Å². The van der Waals surface area contributed by atoms with Gasteiger partial charge in [0, 0.05) is 0 Å². The Morgan fingerprint density at radius 2 is 1.50 bits per heavy atom. The van der Waals surface area contributed by atoms with Crippen LogP contribution in [0.25, 0.3) is 0 Å². The summed E-state index contributed by atoms with van der Waals surface area (Å²) in [5, 5.41) is 0.636. The summed E-state index contributed by atoms with van der Waals surface area (Å²) in [5.41, 5.74) is 4.63. The van der Waals surface area contributed by atoms with Crippen molar-refractivity contribution in [3.8, 4) is 0 Å². The van der Waals surface area contributed by atoms with E-state index in [1.54, 1.807) is 36.8 Å². The van der Waals surface area contributed by atoms with E-state index in [1.807, 2.05) is 0 Å². The van der Waals surface area contributed by atoms with E-state index in [0.29, 0.717) is 5.04 Å². The highest BCUT2D eigenvalue weighted by Gasteiger charge is 2.66. The first-order chi connectivity index (χ1) is 15.7. The lowest BCUT2D eigenvalue weighted by atomic mass is 9.73. The van der Waals surface area contributed by atoms with Crippen LogP contribution in [0.15, 0.2) is 36.9 Å². The van der Waals surface area contributed by atoms with Crippen molar-refractivity contribution in [2.45, 2.75) is 119 Å². The standard InChI is InChI=1S/C31H46Si/c1-3-4-21-32(2,30-27-17-9-7-15-25(27)26-16-8-10-18-28(26)30)31-20-12-11-19-29(31)24-14-6-5-13-23(24)22-31/h3,5-6,13-14,25-30H,1,4,7-12,15-22H2,2H3. The molecule has 5 aliphatic rings. The Bertz CT molecular complexity index is 821. The van der Waals surface area contributed by atoms with E-state index in [-0.39, 0.29) is 0 Å². The van der Waals surface area contributed by atoms with Gasteiger partial charge < -0.3 is 0 Å². The van der Waals surface area contributed by atoms with E-state index in [2.05, 4.69) is 43.5 Å². The Labute approximate surface area is 198 Å². The summed E-state index contributed by atoms with van der Waals surface area (Å²) >= 11 is 0. The van der Waals surface area contributed by atoms with Crippen molar-refractivity contribution in [2.75, 3.05) is 0 Å². The van der Waals surface area contributed by atoms with Gasteiger partial charge in [0.1, 0.15) is 0 Å². The summed E-state index contributed by atoms with van der Waals surface area (Å²) < 4.78 is 0. The number of allylic oxidation sites excluding steroid dienone is 1. The van der Waals surface area contributed by atoms with Crippen molar-refractivity contribution < 1.29 is 0 Å². The number of fused-ring (bicyclic) bond motifs is 6. The van der Waals surface area contributed by atoms with Crippen molar-refractivity contribution in [1.29, 1.82) is 0 Å². The molecule has 0 N–H and O–H groups in total. The molecule has 0 nitrogen and oxygen atoms in total. The molecular formula is C31H46Si. The van der Waals surface area contributed by atoms with Crippen molar-refractivity contribution in [3.63, 3.8) is 0 Å². The molecule has 1 aromatic rings. The molecule has 0 heterocycles. The first-order valence-corrected chi connectivity index (χ1v) is 17.2. The van der Waals surface area contributed by atoms with Gasteiger partial charge in [0.2, 0.25) is 0 Å². The van der Waals surface area contributed by atoms with Gasteiger partial charge >= 0.3 is 0 Å². The highest BCUT2D eigenvalue weighted by molar-refractivity contribution is 6.83. The Hall–Kier alpha value is -0.823. The van der Waals surface area contributed by atoms with Crippen LogP contribution in [0.4, 0.5) is 0 Å². The summed E-state index contributed by atoms with van der Waals surface area (Å²) in [6.45, 7) is 7.22. The Morgan fingerprint density at radius 3 is 2.19 bits per heavy atom. The van der Waals surface area contributed by atoms with E-state index in [1.165, 1.54) is 70.3 Å². The van der Waals surface area contributed by atoms with Crippen LogP contribution in [0.5, 0.6) is 0 Å². The predicted octanol–water partition coefficient (Wildman–Crippen LogP) is 9.29. The Morgan fingerprint density at radius 1 is 0.875 bits per heavy atom. The molecular weight excluding hydrogens is 400 g/mol. The fraction of sp³-hybridized carbons (Fsp3) is 0.742. The van der Waals surface area contributed by atoms with Crippen molar-refractivity contribution in [1.82, 2.24) is 0 Å². The molecule has 6 rings (SSSR count). The maximum absolute atomic E-state index is 4.24. The molecule has 0 spiro atoms. The average molecular weight is 447 g/mol. The Kier molecular flexibility index (Phi) is 5.72. The fourth-order valence-electron chi connectivity index (χ4n) is 10.9. The molecule has 32 heavy (non-hydrogen) atoms. The zero-order valence-electron chi connectivity index (χ0n) is 20.7. The third-order valence-electron chi connectivity index (χ3n) is 11.9. The van der Waals surface area contributed by atoms with Crippen LogP contribution >= 0.6 is 0 Å². The lowest BCUT2D eigenvalue weighted by Gasteiger charge is -2.58. The zero-order valence-corrected chi connectivity index (χ0v) is 21.7. The molecule has 7 unspecified atom stereocenters. The summed E-state index contributed by atoms with van der Waals surface area (Å²) in [6.07, 6.45) is 23.4. The first kappa shape index (κ1) is 21.7. The van der Waals surface area contributed by atoms with Crippen molar-refractivity contribution in [3.05, 3.63) is 48.0 Å². The van der Waals surface area contributed by atoms with Crippen LogP contribution in [0.1, 0.15) is 101 Å². The van der Waals surface area contributed by atoms with Crippen molar-refractivity contribution >= 4 is 8.07 Å². The highest BCUT2D eigenvalue weighted by atomic mass is 28.3. The van der Waals surface area contributed by atoms with Gasteiger partial charge in [0.05, 0.1) is 8.07 Å². The molecule has 0 radical (unpaired) electrons. The predicted molar refractivity (Wildman–Crippen MR) is 140 cm³/mol. The molecule has 0 aliphatic heterocycles. The third kappa shape index (κ3) is 3.05. The number of hydrogen-bond donors (Lipinski definition) is 0. The normalized spacial score (nSPS) is 42.3. The van der Waals surface area contributed by atoms with Crippen LogP contribution in [-0.4, -0.2) is 8.07 Å². The van der Waals surface area contributed by atoms with E-state index >= 15 is 0 Å². The zero-order chi connectivity index (χ0) is 21.8. The topological polar surface area (TPSA) is 0 Å². The van der Waals surface area contributed by atoms with Gasteiger partial charge in [0.15, 0.2) is 0 Å². The van der Waals surface area contributed by atoms with Gasteiger partial charge in [-0.1, -0.05) is 94.3 Å². The van der Waals surface area contributed by atoms with E-state index in [0.717, 1.165) is 35.1 Å². The van der Waals surface area contributed by atoms with E-state index < -0.39 is 8.07 Å². The molecule has 0 aromatic heterocycles. The van der Waals surface area contributed by atoms with Crippen LogP contribution < -0.4 is 0 Å². The molecule has 4 fully saturated rings. The monoisotopic (exact) mass is 446 g/mol. The molecule has 1 heteroatoms. The first-order valence-electron chi connectivity index (χ1n) is 14.4. The molecule has 0 amide bonds.